The molecule has 0 aromatic heterocycles. The van der Waals surface area contributed by atoms with E-state index in [1.54, 1.807) is 79.8 Å². The molecule has 3 aromatic rings. The molecule has 0 aliphatic carbocycles. The van der Waals surface area contributed by atoms with Crippen molar-refractivity contribution in [2.24, 2.45) is 0 Å². The fourth-order valence-electron chi connectivity index (χ4n) is 3.84. The molecule has 0 aliphatic heterocycles. The second-order valence-corrected chi connectivity index (χ2v) is 8.58. The number of anilines is 6. The van der Waals surface area contributed by atoms with Gasteiger partial charge in [-0.2, -0.15) is 0 Å². The first-order valence-electron chi connectivity index (χ1n) is 11.3. The molecule has 0 heterocycles. The SMILES string of the molecule is C.C.CNC(CC(=O)Nc1cccc(N)c1)(CC(=O)Nc1cccc(N)c1)CC(=O)Nc1cccc(N)c1. The minimum absolute atomic E-state index is 0. The standard InChI is InChI=1S/C26H31N7O3.2CH4/c1-30-26(14-23(34)31-20-8-2-5-17(27)11-20,15-24(35)32-21-9-3-6-18(28)12-21)16-25(36)33-22-10-4-7-19(29)13-22;;/h2-13,30H,14-16,27-29H2,1H3,(H,31,34)(H,32,35)(H,33,36);2*1H4. The maximum Gasteiger partial charge on any atom is 0.226 e. The van der Waals surface area contributed by atoms with Crippen LogP contribution in [0.2, 0.25) is 0 Å². The highest BCUT2D eigenvalue weighted by Crippen LogP contribution is 2.25. The van der Waals surface area contributed by atoms with Gasteiger partial charge in [0.05, 0.1) is 0 Å². The fraction of sp³-hybridized carbons (Fsp3) is 0.250. The molecule has 0 radical (unpaired) electrons. The van der Waals surface area contributed by atoms with E-state index in [4.69, 9.17) is 17.2 Å². The van der Waals surface area contributed by atoms with Crippen molar-refractivity contribution in [1.29, 1.82) is 0 Å². The van der Waals surface area contributed by atoms with E-state index in [0.29, 0.717) is 34.1 Å². The third-order valence-corrected chi connectivity index (χ3v) is 5.54. The highest BCUT2D eigenvalue weighted by molar-refractivity contribution is 5.98. The Hall–Kier alpha value is -4.57. The van der Waals surface area contributed by atoms with Gasteiger partial charge in [-0.05, 0) is 61.6 Å². The lowest BCUT2D eigenvalue weighted by molar-refractivity contribution is -0.122. The molecule has 0 aliphatic rings. The fourth-order valence-corrected chi connectivity index (χ4v) is 3.84. The molecule has 0 unspecified atom stereocenters. The number of carbonyl (C=O) groups excluding carboxylic acids is 3. The molecule has 3 amide bonds. The van der Waals surface area contributed by atoms with Crippen molar-refractivity contribution in [2.45, 2.75) is 39.7 Å². The molecule has 0 saturated heterocycles. The van der Waals surface area contributed by atoms with Crippen molar-refractivity contribution in [3.63, 3.8) is 0 Å². The lowest BCUT2D eigenvalue weighted by atomic mass is 9.86. The van der Waals surface area contributed by atoms with Crippen LogP contribution in [0.25, 0.3) is 0 Å². The van der Waals surface area contributed by atoms with Gasteiger partial charge in [0.25, 0.3) is 0 Å². The van der Waals surface area contributed by atoms with Gasteiger partial charge in [-0.3, -0.25) is 14.4 Å². The molecule has 3 aromatic carbocycles. The van der Waals surface area contributed by atoms with E-state index in [2.05, 4.69) is 21.3 Å². The summed E-state index contributed by atoms with van der Waals surface area (Å²) in [4.78, 5) is 38.9. The lowest BCUT2D eigenvalue weighted by Crippen LogP contribution is -2.50. The van der Waals surface area contributed by atoms with Gasteiger partial charge in [0.1, 0.15) is 0 Å². The Kier molecular flexibility index (Phi) is 11.8. The molecule has 204 valence electrons. The van der Waals surface area contributed by atoms with Crippen molar-refractivity contribution in [2.75, 3.05) is 40.2 Å². The maximum atomic E-state index is 13.0. The Labute approximate surface area is 224 Å². The first-order valence-corrected chi connectivity index (χ1v) is 11.3. The summed E-state index contributed by atoms with van der Waals surface area (Å²) < 4.78 is 0. The van der Waals surface area contributed by atoms with Gasteiger partial charge in [0.15, 0.2) is 0 Å². The summed E-state index contributed by atoms with van der Waals surface area (Å²) in [5.41, 5.74) is 19.2. The van der Waals surface area contributed by atoms with Crippen molar-refractivity contribution < 1.29 is 14.4 Å². The summed E-state index contributed by atoms with van der Waals surface area (Å²) in [5, 5.41) is 11.4. The van der Waals surface area contributed by atoms with Gasteiger partial charge in [-0.1, -0.05) is 33.1 Å². The van der Waals surface area contributed by atoms with E-state index in [1.807, 2.05) is 0 Å². The number of hydrogen-bond donors (Lipinski definition) is 7. The van der Waals surface area contributed by atoms with Crippen molar-refractivity contribution in [1.82, 2.24) is 5.32 Å². The predicted molar refractivity (Wildman–Crippen MR) is 158 cm³/mol. The second-order valence-electron chi connectivity index (χ2n) is 8.58. The summed E-state index contributed by atoms with van der Waals surface area (Å²) >= 11 is 0. The Bertz CT molecular complexity index is 1100. The van der Waals surface area contributed by atoms with Crippen molar-refractivity contribution in [3.05, 3.63) is 72.8 Å². The van der Waals surface area contributed by atoms with E-state index in [9.17, 15) is 14.4 Å². The second kappa shape index (κ2) is 14.2. The average Bonchev–Trinajstić information content (AvgIpc) is 2.78. The van der Waals surface area contributed by atoms with Gasteiger partial charge < -0.3 is 38.5 Å². The number of nitrogens with one attached hydrogen (secondary N) is 4. The zero-order valence-corrected chi connectivity index (χ0v) is 20.0. The lowest BCUT2D eigenvalue weighted by Gasteiger charge is -2.32. The van der Waals surface area contributed by atoms with E-state index in [-0.39, 0.29) is 51.8 Å². The van der Waals surface area contributed by atoms with Gasteiger partial charge in [-0.15, -0.1) is 0 Å². The van der Waals surface area contributed by atoms with E-state index < -0.39 is 5.54 Å². The molecule has 38 heavy (non-hydrogen) atoms. The summed E-state index contributed by atoms with van der Waals surface area (Å²) in [6.45, 7) is 0. The monoisotopic (exact) mass is 521 g/mol. The van der Waals surface area contributed by atoms with Crippen LogP contribution in [-0.2, 0) is 14.4 Å². The Morgan fingerprint density at radius 3 is 1.13 bits per heavy atom. The molecule has 10 heteroatoms. The maximum absolute atomic E-state index is 13.0. The van der Waals surface area contributed by atoms with Crippen LogP contribution < -0.4 is 38.5 Å². The molecule has 10 N–H and O–H groups in total. The summed E-state index contributed by atoms with van der Waals surface area (Å²) in [6, 6.07) is 20.2. The highest BCUT2D eigenvalue weighted by Gasteiger charge is 2.36. The van der Waals surface area contributed by atoms with Crippen LogP contribution in [0.3, 0.4) is 0 Å². The van der Waals surface area contributed by atoms with Crippen LogP contribution in [0.1, 0.15) is 34.1 Å². The van der Waals surface area contributed by atoms with Gasteiger partial charge >= 0.3 is 0 Å². The Morgan fingerprint density at radius 2 is 0.895 bits per heavy atom. The number of carbonyl (C=O) groups is 3. The number of nitrogens with two attached hydrogens (primary N) is 3. The third-order valence-electron chi connectivity index (χ3n) is 5.54. The van der Waals surface area contributed by atoms with E-state index >= 15 is 0 Å². The number of nitrogen functional groups attached to an aromatic ring is 3. The smallest absolute Gasteiger partial charge is 0.226 e. The van der Waals surface area contributed by atoms with Gasteiger partial charge in [0, 0.05) is 58.9 Å². The average molecular weight is 522 g/mol. The number of hydrogen-bond acceptors (Lipinski definition) is 7. The van der Waals surface area contributed by atoms with Crippen molar-refractivity contribution in [3.8, 4) is 0 Å². The summed E-state index contributed by atoms with van der Waals surface area (Å²) in [7, 11) is 1.61. The zero-order valence-electron chi connectivity index (χ0n) is 20.0. The molecule has 0 bridgehead atoms. The minimum atomic E-state index is -1.20. The Balaban J connectivity index is 0.00000361. The molecular formula is C28H39N7O3. The van der Waals surface area contributed by atoms with Crippen LogP contribution in [0.15, 0.2) is 72.8 Å². The largest absolute Gasteiger partial charge is 0.399 e. The normalized spacial score (nSPS) is 10.3. The molecular weight excluding hydrogens is 482 g/mol. The first kappa shape index (κ1) is 31.5. The quantitative estimate of drug-likeness (QED) is 0.197. The van der Waals surface area contributed by atoms with Crippen molar-refractivity contribution >= 4 is 51.8 Å². The molecule has 0 saturated carbocycles. The minimum Gasteiger partial charge on any atom is -0.399 e. The first-order chi connectivity index (χ1) is 17.2. The highest BCUT2D eigenvalue weighted by atomic mass is 16.2. The van der Waals surface area contributed by atoms with Crippen LogP contribution in [0.5, 0.6) is 0 Å². The molecule has 0 spiro atoms. The summed E-state index contributed by atoms with van der Waals surface area (Å²) in [5.74, 6) is -1.16. The van der Waals surface area contributed by atoms with Gasteiger partial charge in [-0.25, -0.2) is 0 Å². The number of benzene rings is 3. The Morgan fingerprint density at radius 1 is 0.605 bits per heavy atom. The topological polar surface area (TPSA) is 177 Å². The van der Waals surface area contributed by atoms with Crippen LogP contribution in [0, 0.1) is 0 Å². The van der Waals surface area contributed by atoms with E-state index in [1.165, 1.54) is 0 Å². The molecule has 0 fully saturated rings. The van der Waals surface area contributed by atoms with Crippen LogP contribution in [-0.4, -0.2) is 30.3 Å². The van der Waals surface area contributed by atoms with Crippen LogP contribution >= 0.6 is 0 Å². The number of rotatable bonds is 10. The molecule has 0 atom stereocenters. The molecule has 3 rings (SSSR count). The van der Waals surface area contributed by atoms with Crippen LogP contribution in [0.4, 0.5) is 34.1 Å². The molecule has 10 nitrogen and oxygen atoms in total. The third kappa shape index (κ3) is 9.47. The predicted octanol–water partition coefficient (Wildman–Crippen LogP) is 4.05. The van der Waals surface area contributed by atoms with Gasteiger partial charge in [0.2, 0.25) is 17.7 Å². The summed E-state index contributed by atoms with van der Waals surface area (Å²) in [6.07, 6.45) is -0.479. The number of amides is 3. The van der Waals surface area contributed by atoms with E-state index in [0.717, 1.165) is 0 Å². The zero-order chi connectivity index (χ0) is 26.1.